The summed E-state index contributed by atoms with van der Waals surface area (Å²) in [4.78, 5) is 4.30. The van der Waals surface area contributed by atoms with Crippen molar-refractivity contribution < 1.29 is 0 Å². The van der Waals surface area contributed by atoms with Gasteiger partial charge in [-0.1, -0.05) is 18.7 Å². The molecule has 0 radical (unpaired) electrons. The van der Waals surface area contributed by atoms with E-state index in [0.29, 0.717) is 0 Å². The second-order valence-corrected chi connectivity index (χ2v) is 3.21. The van der Waals surface area contributed by atoms with Gasteiger partial charge in [0.25, 0.3) is 0 Å². The van der Waals surface area contributed by atoms with E-state index in [1.54, 1.807) is 0 Å². The van der Waals surface area contributed by atoms with Gasteiger partial charge in [0.05, 0.1) is 23.9 Å². The SMILES string of the molecule is C=C(Cn1cnc2ccccc21)NC. The Balaban J connectivity index is 2.38. The highest BCUT2D eigenvalue weighted by molar-refractivity contribution is 5.74. The highest BCUT2D eigenvalue weighted by atomic mass is 15.1. The van der Waals surface area contributed by atoms with E-state index in [2.05, 4.69) is 27.5 Å². The Hall–Kier alpha value is -1.77. The molecule has 72 valence electrons. The summed E-state index contributed by atoms with van der Waals surface area (Å²) in [5, 5.41) is 3.02. The van der Waals surface area contributed by atoms with E-state index in [9.17, 15) is 0 Å². The number of imidazole rings is 1. The fourth-order valence-corrected chi connectivity index (χ4v) is 1.42. The van der Waals surface area contributed by atoms with Crippen molar-refractivity contribution in [3.63, 3.8) is 0 Å². The van der Waals surface area contributed by atoms with Crippen LogP contribution < -0.4 is 5.32 Å². The molecule has 1 N–H and O–H groups in total. The van der Waals surface area contributed by atoms with E-state index in [-0.39, 0.29) is 0 Å². The summed E-state index contributed by atoms with van der Waals surface area (Å²) in [7, 11) is 1.88. The fourth-order valence-electron chi connectivity index (χ4n) is 1.42. The molecule has 0 saturated heterocycles. The maximum absolute atomic E-state index is 4.30. The van der Waals surface area contributed by atoms with Gasteiger partial charge in [-0.15, -0.1) is 0 Å². The Morgan fingerprint density at radius 3 is 3.07 bits per heavy atom. The van der Waals surface area contributed by atoms with Crippen molar-refractivity contribution in [2.75, 3.05) is 7.05 Å². The van der Waals surface area contributed by atoms with Gasteiger partial charge in [0.2, 0.25) is 0 Å². The molecule has 0 atom stereocenters. The molecule has 1 aromatic heterocycles. The molecule has 0 unspecified atom stereocenters. The number of hydrogen-bond acceptors (Lipinski definition) is 2. The zero-order chi connectivity index (χ0) is 9.97. The lowest BCUT2D eigenvalue weighted by Crippen LogP contribution is -2.10. The summed E-state index contributed by atoms with van der Waals surface area (Å²) in [5.41, 5.74) is 3.15. The van der Waals surface area contributed by atoms with Crippen LogP contribution in [-0.2, 0) is 6.54 Å². The maximum Gasteiger partial charge on any atom is 0.0962 e. The molecule has 2 rings (SSSR count). The predicted molar refractivity (Wildman–Crippen MR) is 57.9 cm³/mol. The van der Waals surface area contributed by atoms with Crippen LogP contribution in [0.4, 0.5) is 0 Å². The molecule has 2 aromatic rings. The van der Waals surface area contributed by atoms with Crippen molar-refractivity contribution in [3.05, 3.63) is 42.9 Å². The van der Waals surface area contributed by atoms with Crippen molar-refractivity contribution >= 4 is 11.0 Å². The lowest BCUT2D eigenvalue weighted by atomic mass is 10.3. The van der Waals surface area contributed by atoms with Crippen molar-refractivity contribution in [1.29, 1.82) is 0 Å². The zero-order valence-electron chi connectivity index (χ0n) is 8.20. The third kappa shape index (κ3) is 1.48. The Bertz CT molecular complexity index is 456. The number of fused-ring (bicyclic) bond motifs is 1. The molecule has 0 aliphatic rings. The van der Waals surface area contributed by atoms with Crippen LogP contribution in [0.2, 0.25) is 0 Å². The molecule has 1 heterocycles. The van der Waals surface area contributed by atoms with E-state index in [1.165, 1.54) is 0 Å². The van der Waals surface area contributed by atoms with Gasteiger partial charge in [-0.2, -0.15) is 0 Å². The fraction of sp³-hybridized carbons (Fsp3) is 0.182. The van der Waals surface area contributed by atoms with Crippen LogP contribution in [0.1, 0.15) is 0 Å². The van der Waals surface area contributed by atoms with Crippen molar-refractivity contribution in [2.24, 2.45) is 0 Å². The predicted octanol–water partition coefficient (Wildman–Crippen LogP) is 1.77. The molecule has 0 amide bonds. The van der Waals surface area contributed by atoms with E-state index in [0.717, 1.165) is 23.3 Å². The van der Waals surface area contributed by atoms with Crippen LogP contribution >= 0.6 is 0 Å². The number of allylic oxidation sites excluding steroid dienone is 1. The molecule has 0 aliphatic carbocycles. The zero-order valence-corrected chi connectivity index (χ0v) is 8.20. The number of para-hydroxylation sites is 2. The monoisotopic (exact) mass is 187 g/mol. The number of rotatable bonds is 3. The van der Waals surface area contributed by atoms with Gasteiger partial charge in [0.1, 0.15) is 0 Å². The van der Waals surface area contributed by atoms with Crippen LogP contribution in [-0.4, -0.2) is 16.6 Å². The largest absolute Gasteiger partial charge is 0.390 e. The molecule has 0 fully saturated rings. The first-order valence-corrected chi connectivity index (χ1v) is 4.56. The average molecular weight is 187 g/mol. The summed E-state index contributed by atoms with van der Waals surface area (Å²) in [6.45, 7) is 4.66. The van der Waals surface area contributed by atoms with Gasteiger partial charge >= 0.3 is 0 Å². The molecule has 0 bridgehead atoms. The van der Waals surface area contributed by atoms with Gasteiger partial charge in [-0.05, 0) is 12.1 Å². The second kappa shape index (κ2) is 3.54. The first-order chi connectivity index (χ1) is 6.81. The van der Waals surface area contributed by atoms with Crippen molar-refractivity contribution in [3.8, 4) is 0 Å². The van der Waals surface area contributed by atoms with Gasteiger partial charge in [-0.25, -0.2) is 4.98 Å². The summed E-state index contributed by atoms with van der Waals surface area (Å²) < 4.78 is 2.08. The quantitative estimate of drug-likeness (QED) is 0.793. The topological polar surface area (TPSA) is 29.9 Å². The third-order valence-electron chi connectivity index (χ3n) is 2.24. The average Bonchev–Trinajstić information content (AvgIpc) is 2.62. The third-order valence-corrected chi connectivity index (χ3v) is 2.24. The van der Waals surface area contributed by atoms with Crippen molar-refractivity contribution in [2.45, 2.75) is 6.54 Å². The summed E-state index contributed by atoms with van der Waals surface area (Å²) in [6, 6.07) is 8.08. The molecule has 0 saturated carbocycles. The van der Waals surface area contributed by atoms with E-state index < -0.39 is 0 Å². The molecule has 3 nitrogen and oxygen atoms in total. The highest BCUT2D eigenvalue weighted by Crippen LogP contribution is 2.12. The molecule has 1 aromatic carbocycles. The summed E-state index contributed by atoms with van der Waals surface area (Å²) in [6.07, 6.45) is 1.84. The maximum atomic E-state index is 4.30. The normalized spacial score (nSPS) is 10.4. The highest BCUT2D eigenvalue weighted by Gasteiger charge is 2.01. The number of hydrogen-bond donors (Lipinski definition) is 1. The summed E-state index contributed by atoms with van der Waals surface area (Å²) in [5.74, 6) is 0. The van der Waals surface area contributed by atoms with Gasteiger partial charge in [-0.3, -0.25) is 0 Å². The number of likely N-dealkylation sites (N-methyl/N-ethyl adjacent to an activating group) is 1. The molecule has 3 heteroatoms. The Labute approximate surface area is 83.1 Å². The van der Waals surface area contributed by atoms with Crippen LogP contribution in [0.15, 0.2) is 42.9 Å². The minimum Gasteiger partial charge on any atom is -0.390 e. The lowest BCUT2D eigenvalue weighted by Gasteiger charge is -2.06. The minimum atomic E-state index is 0.761. The van der Waals surface area contributed by atoms with Crippen LogP contribution in [0.3, 0.4) is 0 Å². The van der Waals surface area contributed by atoms with Crippen LogP contribution in [0.5, 0.6) is 0 Å². The Kier molecular flexibility index (Phi) is 2.23. The number of aromatic nitrogens is 2. The Morgan fingerprint density at radius 2 is 2.29 bits per heavy atom. The standard InChI is InChI=1S/C11H13N3/c1-9(12-2)7-14-8-13-10-5-3-4-6-11(10)14/h3-6,8,12H,1,7H2,2H3. The molecular formula is C11H13N3. The van der Waals surface area contributed by atoms with E-state index in [1.807, 2.05) is 31.6 Å². The number of nitrogens with zero attached hydrogens (tertiary/aromatic N) is 2. The van der Waals surface area contributed by atoms with E-state index in [4.69, 9.17) is 0 Å². The molecule has 0 spiro atoms. The number of nitrogens with one attached hydrogen (secondary N) is 1. The number of benzene rings is 1. The Morgan fingerprint density at radius 1 is 1.50 bits per heavy atom. The molecular weight excluding hydrogens is 174 g/mol. The van der Waals surface area contributed by atoms with Crippen molar-refractivity contribution in [1.82, 2.24) is 14.9 Å². The smallest absolute Gasteiger partial charge is 0.0962 e. The minimum absolute atomic E-state index is 0.761. The lowest BCUT2D eigenvalue weighted by molar-refractivity contribution is 0.753. The second-order valence-electron chi connectivity index (χ2n) is 3.21. The van der Waals surface area contributed by atoms with Crippen LogP contribution in [0.25, 0.3) is 11.0 Å². The molecule has 0 aliphatic heterocycles. The van der Waals surface area contributed by atoms with Gasteiger partial charge < -0.3 is 9.88 Å². The summed E-state index contributed by atoms with van der Waals surface area (Å²) >= 11 is 0. The van der Waals surface area contributed by atoms with Gasteiger partial charge in [0, 0.05) is 12.7 Å². The van der Waals surface area contributed by atoms with Gasteiger partial charge in [0.15, 0.2) is 0 Å². The van der Waals surface area contributed by atoms with E-state index >= 15 is 0 Å². The first kappa shape index (κ1) is 8.81. The molecule has 14 heavy (non-hydrogen) atoms. The first-order valence-electron chi connectivity index (χ1n) is 4.56. The van der Waals surface area contributed by atoms with Crippen LogP contribution in [0, 0.1) is 0 Å².